The third kappa shape index (κ3) is 3.51. The van der Waals surface area contributed by atoms with Gasteiger partial charge in [-0.2, -0.15) is 0 Å². The highest BCUT2D eigenvalue weighted by molar-refractivity contribution is 7.13. The van der Waals surface area contributed by atoms with Crippen molar-refractivity contribution in [2.75, 3.05) is 13.1 Å². The molecule has 4 heterocycles. The molecule has 0 aromatic carbocycles. The SMILES string of the molecule is CCn1c(=O)n(CC(=O)N2CCC[C@@H](C)C2)c2c(C(N)=O)nc(-c3cccs3)nc21. The molecule has 0 unspecified atom stereocenters. The molecule has 1 saturated heterocycles. The molecule has 0 aliphatic carbocycles. The lowest BCUT2D eigenvalue weighted by Gasteiger charge is -2.31. The smallest absolute Gasteiger partial charge is 0.330 e. The van der Waals surface area contributed by atoms with Crippen molar-refractivity contribution in [3.63, 3.8) is 0 Å². The zero-order valence-electron chi connectivity index (χ0n) is 17.0. The normalized spacial score (nSPS) is 16.9. The molecule has 4 rings (SSSR count). The lowest BCUT2D eigenvalue weighted by Crippen LogP contribution is -2.42. The Morgan fingerprint density at radius 3 is 2.73 bits per heavy atom. The van der Waals surface area contributed by atoms with E-state index in [1.807, 2.05) is 24.4 Å². The van der Waals surface area contributed by atoms with E-state index >= 15 is 0 Å². The highest BCUT2D eigenvalue weighted by atomic mass is 32.1. The molecular weight excluding hydrogens is 404 g/mol. The first-order valence-corrected chi connectivity index (χ1v) is 10.9. The molecule has 1 fully saturated rings. The number of hydrogen-bond acceptors (Lipinski definition) is 6. The summed E-state index contributed by atoms with van der Waals surface area (Å²) in [6.45, 7) is 5.44. The van der Waals surface area contributed by atoms with Crippen molar-refractivity contribution in [2.45, 2.75) is 39.8 Å². The fourth-order valence-electron chi connectivity index (χ4n) is 3.98. The molecule has 0 radical (unpaired) electrons. The van der Waals surface area contributed by atoms with Crippen LogP contribution in [0.5, 0.6) is 0 Å². The van der Waals surface area contributed by atoms with Gasteiger partial charge in [-0.05, 0) is 37.1 Å². The molecule has 2 N–H and O–H groups in total. The molecule has 1 aliphatic heterocycles. The van der Waals surface area contributed by atoms with Gasteiger partial charge in [0, 0.05) is 19.6 Å². The van der Waals surface area contributed by atoms with E-state index in [-0.39, 0.29) is 23.7 Å². The number of aromatic nitrogens is 4. The summed E-state index contributed by atoms with van der Waals surface area (Å²) in [7, 11) is 0. The molecule has 158 valence electrons. The predicted molar refractivity (Wildman–Crippen MR) is 114 cm³/mol. The first-order valence-electron chi connectivity index (χ1n) is 10.0. The second-order valence-electron chi connectivity index (χ2n) is 7.61. The van der Waals surface area contributed by atoms with Crippen molar-refractivity contribution in [3.8, 4) is 10.7 Å². The number of carbonyl (C=O) groups excluding carboxylic acids is 2. The van der Waals surface area contributed by atoms with Crippen molar-refractivity contribution in [2.24, 2.45) is 11.7 Å². The summed E-state index contributed by atoms with van der Waals surface area (Å²) in [5.74, 6) is -0.158. The average molecular weight is 429 g/mol. The van der Waals surface area contributed by atoms with Crippen molar-refractivity contribution in [3.05, 3.63) is 33.7 Å². The van der Waals surface area contributed by atoms with E-state index in [0.717, 1.165) is 17.7 Å². The number of primary amides is 1. The van der Waals surface area contributed by atoms with Crippen molar-refractivity contribution < 1.29 is 9.59 Å². The van der Waals surface area contributed by atoms with E-state index < -0.39 is 11.6 Å². The van der Waals surface area contributed by atoms with Gasteiger partial charge in [-0.3, -0.25) is 18.7 Å². The van der Waals surface area contributed by atoms with Gasteiger partial charge in [0.25, 0.3) is 5.91 Å². The second kappa shape index (κ2) is 8.02. The zero-order chi connectivity index (χ0) is 21.4. The maximum atomic E-state index is 13.1. The number of piperidine rings is 1. The Hall–Kier alpha value is -3.01. The summed E-state index contributed by atoms with van der Waals surface area (Å²) in [5.41, 5.74) is 5.70. The third-order valence-electron chi connectivity index (χ3n) is 5.45. The molecule has 2 amide bonds. The number of thiophene rings is 1. The van der Waals surface area contributed by atoms with Gasteiger partial charge in [0.2, 0.25) is 5.91 Å². The van der Waals surface area contributed by atoms with E-state index in [9.17, 15) is 14.4 Å². The fraction of sp³-hybridized carbons (Fsp3) is 0.450. The maximum absolute atomic E-state index is 13.1. The number of carbonyl (C=O) groups is 2. The zero-order valence-corrected chi connectivity index (χ0v) is 17.8. The number of likely N-dealkylation sites (tertiary alicyclic amines) is 1. The van der Waals surface area contributed by atoms with Gasteiger partial charge in [-0.1, -0.05) is 13.0 Å². The third-order valence-corrected chi connectivity index (χ3v) is 6.31. The van der Waals surface area contributed by atoms with Crippen LogP contribution in [-0.2, 0) is 17.9 Å². The minimum atomic E-state index is -0.763. The molecule has 30 heavy (non-hydrogen) atoms. The number of imidazole rings is 1. The van der Waals surface area contributed by atoms with Gasteiger partial charge >= 0.3 is 5.69 Å². The molecule has 1 atom stereocenters. The van der Waals surface area contributed by atoms with Crippen LogP contribution < -0.4 is 11.4 Å². The Morgan fingerprint density at radius 1 is 1.30 bits per heavy atom. The Morgan fingerprint density at radius 2 is 2.10 bits per heavy atom. The van der Waals surface area contributed by atoms with Crippen molar-refractivity contribution in [1.29, 1.82) is 0 Å². The van der Waals surface area contributed by atoms with E-state index in [0.29, 0.717) is 37.0 Å². The molecule has 1 aliphatic rings. The molecule has 3 aromatic rings. The van der Waals surface area contributed by atoms with Crippen LogP contribution in [0.1, 0.15) is 37.2 Å². The fourth-order valence-corrected chi connectivity index (χ4v) is 4.64. The first-order chi connectivity index (χ1) is 14.4. The monoisotopic (exact) mass is 428 g/mol. The number of rotatable bonds is 5. The van der Waals surface area contributed by atoms with Crippen LogP contribution in [0, 0.1) is 5.92 Å². The van der Waals surface area contributed by atoms with Gasteiger partial charge in [0.1, 0.15) is 12.1 Å². The van der Waals surface area contributed by atoms with Crippen LogP contribution in [0.4, 0.5) is 0 Å². The van der Waals surface area contributed by atoms with Gasteiger partial charge < -0.3 is 10.6 Å². The maximum Gasteiger partial charge on any atom is 0.330 e. The molecule has 9 nitrogen and oxygen atoms in total. The van der Waals surface area contributed by atoms with E-state index in [1.165, 1.54) is 20.5 Å². The predicted octanol–water partition coefficient (Wildman–Crippen LogP) is 1.70. The summed E-state index contributed by atoms with van der Waals surface area (Å²) in [5, 5.41) is 1.88. The molecular formula is C20H24N6O3S. The number of fused-ring (bicyclic) bond motifs is 1. The van der Waals surface area contributed by atoms with Gasteiger partial charge in [-0.15, -0.1) is 11.3 Å². The Labute approximate surface area is 177 Å². The van der Waals surface area contributed by atoms with Crippen LogP contribution in [-0.4, -0.2) is 48.9 Å². The minimum Gasteiger partial charge on any atom is -0.364 e. The summed E-state index contributed by atoms with van der Waals surface area (Å²) < 4.78 is 2.74. The van der Waals surface area contributed by atoms with E-state index in [1.54, 1.807) is 4.90 Å². The number of amides is 2. The van der Waals surface area contributed by atoms with Crippen LogP contribution in [0.3, 0.4) is 0 Å². The quantitative estimate of drug-likeness (QED) is 0.664. The molecule has 0 bridgehead atoms. The summed E-state index contributed by atoms with van der Waals surface area (Å²) >= 11 is 1.43. The Bertz CT molecular complexity index is 1160. The summed E-state index contributed by atoms with van der Waals surface area (Å²) in [6.07, 6.45) is 2.03. The Balaban J connectivity index is 1.85. The van der Waals surface area contributed by atoms with Gasteiger partial charge in [-0.25, -0.2) is 14.8 Å². The second-order valence-corrected chi connectivity index (χ2v) is 8.56. The number of hydrogen-bond donors (Lipinski definition) is 1. The minimum absolute atomic E-state index is 0.0486. The summed E-state index contributed by atoms with van der Waals surface area (Å²) in [4.78, 5) is 49.7. The largest absolute Gasteiger partial charge is 0.364 e. The lowest BCUT2D eigenvalue weighted by molar-refractivity contribution is -0.133. The number of nitrogens with zero attached hydrogens (tertiary/aromatic N) is 5. The first kappa shape index (κ1) is 20.3. The number of aryl methyl sites for hydroxylation is 1. The van der Waals surface area contributed by atoms with E-state index in [2.05, 4.69) is 16.9 Å². The van der Waals surface area contributed by atoms with Crippen molar-refractivity contribution in [1.82, 2.24) is 24.0 Å². The van der Waals surface area contributed by atoms with Crippen molar-refractivity contribution >= 4 is 34.3 Å². The van der Waals surface area contributed by atoms with Gasteiger partial charge in [0.05, 0.1) is 4.88 Å². The molecule has 0 saturated carbocycles. The number of nitrogens with two attached hydrogens (primary N) is 1. The lowest BCUT2D eigenvalue weighted by atomic mass is 10.0. The van der Waals surface area contributed by atoms with Gasteiger partial charge in [0.15, 0.2) is 17.2 Å². The molecule has 0 spiro atoms. The van der Waals surface area contributed by atoms with Crippen LogP contribution in [0.25, 0.3) is 21.9 Å². The average Bonchev–Trinajstić information content (AvgIpc) is 3.34. The van der Waals surface area contributed by atoms with Crippen LogP contribution >= 0.6 is 11.3 Å². The van der Waals surface area contributed by atoms with Crippen LogP contribution in [0.15, 0.2) is 22.3 Å². The highest BCUT2D eigenvalue weighted by Gasteiger charge is 2.27. The van der Waals surface area contributed by atoms with Crippen LogP contribution in [0.2, 0.25) is 0 Å². The van der Waals surface area contributed by atoms with E-state index in [4.69, 9.17) is 5.73 Å². The summed E-state index contributed by atoms with van der Waals surface area (Å²) in [6, 6.07) is 3.69. The Kier molecular flexibility index (Phi) is 5.42. The highest BCUT2D eigenvalue weighted by Crippen LogP contribution is 2.25. The standard InChI is InChI=1S/C20H24N6O3S/c1-3-25-19-16(15(17(21)28)22-18(23-19)13-7-5-9-30-13)26(20(25)29)11-14(27)24-8-4-6-12(2)10-24/h5,7,9,12H,3-4,6,8,10-11H2,1-2H3,(H2,21,28)/t12-/m1/s1. The topological polar surface area (TPSA) is 116 Å². The molecule has 10 heteroatoms. The molecule has 3 aromatic heterocycles.